The van der Waals surface area contributed by atoms with Crippen molar-refractivity contribution in [1.29, 1.82) is 0 Å². The number of ether oxygens (including phenoxy) is 2. The van der Waals surface area contributed by atoms with Crippen molar-refractivity contribution in [2.24, 2.45) is 10.2 Å². The standard InChI is InChI=1S/C29H33F3IN8O3/c1-34-38-29(44-19-28(31)32)21-4-5-22(36-14-21)15-37-25-11-24(30)26(12-27(25)41(33-42)23-17-43-18-23)40-9-7-39(8-10-40)16-20-3-2-6-35-13-20/h2-6,11-14,23,28,37,42H,1,7-10,15-19H2/q-1/b38-29-. The summed E-state index contributed by atoms with van der Waals surface area (Å²) in [5.41, 5.74) is 3.81. The molecule has 0 atom stereocenters. The second-order valence-corrected chi connectivity index (χ2v) is 11.6. The molecule has 0 amide bonds. The summed E-state index contributed by atoms with van der Waals surface area (Å²) in [5, 5.41) is 10.3. The molecule has 2 saturated heterocycles. The van der Waals surface area contributed by atoms with Gasteiger partial charge in [-0.25, -0.2) is 8.78 Å². The van der Waals surface area contributed by atoms with E-state index in [0.717, 1.165) is 25.2 Å². The third-order valence-corrected chi connectivity index (χ3v) is 8.97. The first-order valence-electron chi connectivity index (χ1n) is 13.9. The van der Waals surface area contributed by atoms with E-state index in [4.69, 9.17) is 9.47 Å². The molecule has 0 saturated carbocycles. The Bertz CT molecular complexity index is 1410. The molecule has 4 heterocycles. The summed E-state index contributed by atoms with van der Waals surface area (Å²) in [7, 11) is 0. The molecular formula is C29H33F3IN8O3-. The van der Waals surface area contributed by atoms with E-state index >= 15 is 4.39 Å². The van der Waals surface area contributed by atoms with Crippen LogP contribution in [0.3, 0.4) is 0 Å². The quantitative estimate of drug-likeness (QED) is 0.0847. The van der Waals surface area contributed by atoms with E-state index in [-0.39, 0.29) is 24.3 Å². The number of aromatic nitrogens is 2. The number of nitrogens with zero attached hydrogens (tertiary/aromatic N) is 7. The Kier molecular flexibility index (Phi) is 11.2. The van der Waals surface area contributed by atoms with Crippen molar-refractivity contribution in [3.8, 4) is 0 Å². The summed E-state index contributed by atoms with van der Waals surface area (Å²) in [6.45, 7) is 7.29. The molecule has 2 aliphatic heterocycles. The van der Waals surface area contributed by atoms with E-state index in [2.05, 4.69) is 43.2 Å². The molecule has 0 unspecified atom stereocenters. The molecule has 3 aromatic rings. The maximum absolute atomic E-state index is 15.7. The average molecular weight is 726 g/mol. The number of halogens is 4. The number of hydrogen-bond acceptors (Lipinski definition) is 11. The van der Waals surface area contributed by atoms with Gasteiger partial charge in [-0.2, -0.15) is 0 Å². The first-order chi connectivity index (χ1) is 21.4. The maximum atomic E-state index is 15.7. The molecule has 44 heavy (non-hydrogen) atoms. The number of nitrogens with one attached hydrogen (secondary N) is 1. The number of rotatable bonds is 13. The minimum atomic E-state index is -2.67. The average Bonchev–Trinajstić information content (AvgIpc) is 3.01. The minimum absolute atomic E-state index is 0.00446. The van der Waals surface area contributed by atoms with Crippen molar-refractivity contribution in [2.75, 3.05) is 59.3 Å². The third-order valence-electron chi connectivity index (χ3n) is 7.20. The second kappa shape index (κ2) is 15.5. The number of alkyl halides is 2. The summed E-state index contributed by atoms with van der Waals surface area (Å²) < 4.78 is 63.6. The zero-order valence-corrected chi connectivity index (χ0v) is 26.0. The molecule has 11 nitrogen and oxygen atoms in total. The van der Waals surface area contributed by atoms with Crippen LogP contribution in [0, 0.1) is 5.82 Å². The predicted octanol–water partition coefficient (Wildman–Crippen LogP) is 0.310. The number of anilines is 3. The monoisotopic (exact) mass is 725 g/mol. The summed E-state index contributed by atoms with van der Waals surface area (Å²) >= 11 is -1.37. The van der Waals surface area contributed by atoms with Crippen molar-refractivity contribution >= 4 is 29.7 Å². The normalized spacial score (nSPS) is 16.2. The van der Waals surface area contributed by atoms with Crippen LogP contribution in [0.5, 0.6) is 0 Å². The fraction of sp³-hybridized carbons (Fsp3) is 0.379. The molecule has 236 valence electrons. The van der Waals surface area contributed by atoms with Crippen LogP contribution in [0.1, 0.15) is 16.8 Å². The van der Waals surface area contributed by atoms with Crippen LogP contribution in [0.2, 0.25) is 0 Å². The number of hydrogen-bond donors (Lipinski definition) is 2. The molecule has 15 heteroatoms. The molecule has 0 spiro atoms. The van der Waals surface area contributed by atoms with Gasteiger partial charge >= 0.3 is 237 Å². The number of benzene rings is 1. The van der Waals surface area contributed by atoms with Gasteiger partial charge in [0, 0.05) is 12.9 Å². The van der Waals surface area contributed by atoms with E-state index in [1.54, 1.807) is 18.3 Å². The van der Waals surface area contributed by atoms with Gasteiger partial charge in [0.2, 0.25) is 0 Å². The molecule has 0 bridgehead atoms. The summed E-state index contributed by atoms with van der Waals surface area (Å²) in [6.07, 6.45) is 2.38. The second-order valence-electron chi connectivity index (χ2n) is 10.2. The van der Waals surface area contributed by atoms with Crippen molar-refractivity contribution in [3.05, 3.63) is 77.6 Å². The van der Waals surface area contributed by atoms with Crippen molar-refractivity contribution in [3.63, 3.8) is 0 Å². The summed E-state index contributed by atoms with van der Waals surface area (Å²) in [5.74, 6) is -0.481. The Labute approximate surface area is 264 Å². The van der Waals surface area contributed by atoms with Crippen LogP contribution < -0.4 is 35.2 Å². The summed E-state index contributed by atoms with van der Waals surface area (Å²) in [6, 6.07) is 10.6. The van der Waals surface area contributed by atoms with Gasteiger partial charge < -0.3 is 0 Å². The van der Waals surface area contributed by atoms with E-state index in [1.807, 2.05) is 26.3 Å². The van der Waals surface area contributed by atoms with Crippen LogP contribution in [-0.4, -0.2) is 89.4 Å². The Morgan fingerprint density at radius 2 is 2.02 bits per heavy atom. The number of pyridine rings is 2. The van der Waals surface area contributed by atoms with Gasteiger partial charge in [0.15, 0.2) is 0 Å². The van der Waals surface area contributed by atoms with Gasteiger partial charge in [-0.3, -0.25) is 0 Å². The SMILES string of the molecule is C=N/N=C(\OCC(F)F)c1ccc(CNc2cc(F)c(N3CCN(Cc4cccnc4)CC3)cc2N([I-]O)C2COC2)nc1. The van der Waals surface area contributed by atoms with Gasteiger partial charge in [0.05, 0.1) is 0 Å². The van der Waals surface area contributed by atoms with Gasteiger partial charge in [-0.1, -0.05) is 0 Å². The van der Waals surface area contributed by atoms with E-state index in [0.29, 0.717) is 54.6 Å². The molecule has 2 aliphatic rings. The fourth-order valence-corrected chi connectivity index (χ4v) is 6.18. The number of piperazine rings is 1. The first kappa shape index (κ1) is 31.9. The molecule has 2 N–H and O–H groups in total. The van der Waals surface area contributed by atoms with Crippen LogP contribution in [0.25, 0.3) is 0 Å². The molecular weight excluding hydrogens is 692 g/mol. The Morgan fingerprint density at radius 3 is 2.64 bits per heavy atom. The van der Waals surface area contributed by atoms with Crippen LogP contribution >= 0.6 is 0 Å². The zero-order valence-electron chi connectivity index (χ0n) is 23.8. The molecule has 2 fully saturated rings. The molecule has 1 aromatic carbocycles. The van der Waals surface area contributed by atoms with E-state index < -0.39 is 34.9 Å². The van der Waals surface area contributed by atoms with Gasteiger partial charge in [-0.05, 0) is 0 Å². The topological polar surface area (TPSA) is 111 Å². The van der Waals surface area contributed by atoms with Crippen molar-refractivity contribution in [2.45, 2.75) is 25.6 Å². The summed E-state index contributed by atoms with van der Waals surface area (Å²) in [4.78, 5) is 12.9. The zero-order chi connectivity index (χ0) is 30.9. The Balaban J connectivity index is 1.30. The van der Waals surface area contributed by atoms with E-state index in [1.165, 1.54) is 12.3 Å². The predicted molar refractivity (Wildman–Crippen MR) is 157 cm³/mol. The van der Waals surface area contributed by atoms with Crippen LogP contribution in [0.15, 0.2) is 65.2 Å². The van der Waals surface area contributed by atoms with Crippen molar-refractivity contribution in [1.82, 2.24) is 14.9 Å². The van der Waals surface area contributed by atoms with Crippen LogP contribution in [-0.2, 0) is 22.6 Å². The Morgan fingerprint density at radius 1 is 1.20 bits per heavy atom. The van der Waals surface area contributed by atoms with Gasteiger partial charge in [-0.15, -0.1) is 0 Å². The Hall–Kier alpha value is -3.54. The molecule has 2 aromatic heterocycles. The molecule has 5 rings (SSSR count). The van der Waals surface area contributed by atoms with Crippen LogP contribution in [0.4, 0.5) is 30.2 Å². The van der Waals surface area contributed by atoms with Gasteiger partial charge in [0.25, 0.3) is 6.43 Å². The fourth-order valence-electron chi connectivity index (χ4n) is 4.88. The third kappa shape index (κ3) is 8.13. The first-order valence-corrected chi connectivity index (χ1v) is 15.9. The molecule has 0 radical (unpaired) electrons. The van der Waals surface area contributed by atoms with Crippen molar-refractivity contribution < 1.29 is 48.0 Å². The molecule has 0 aliphatic carbocycles. The van der Waals surface area contributed by atoms with Gasteiger partial charge in [0.1, 0.15) is 0 Å². The van der Waals surface area contributed by atoms with E-state index in [9.17, 15) is 12.2 Å².